The van der Waals surface area contributed by atoms with Crippen LogP contribution in [0.2, 0.25) is 0 Å². The number of nitrogens with zero attached hydrogens (tertiary/aromatic N) is 1. The number of aromatic nitrogens is 1. The molecule has 1 fully saturated rings. The van der Waals surface area contributed by atoms with Gasteiger partial charge in [0, 0.05) is 11.9 Å². The number of hydrogen-bond donors (Lipinski definition) is 1. The van der Waals surface area contributed by atoms with E-state index in [0.29, 0.717) is 0 Å². The molecule has 0 unspecified atom stereocenters. The number of para-hydroxylation sites is 2. The molecule has 2 aliphatic rings. The van der Waals surface area contributed by atoms with Gasteiger partial charge in [-0.3, -0.25) is 0 Å². The summed E-state index contributed by atoms with van der Waals surface area (Å²) < 4.78 is 2.39. The van der Waals surface area contributed by atoms with Crippen LogP contribution in [0.3, 0.4) is 0 Å². The molecule has 0 bridgehead atoms. The fourth-order valence-corrected chi connectivity index (χ4v) is 3.81. The Morgan fingerprint density at radius 1 is 0.895 bits per heavy atom. The van der Waals surface area contributed by atoms with Gasteiger partial charge in [-0.1, -0.05) is 37.8 Å². The molecule has 4 rings (SSSR count). The molecule has 1 aromatic heterocycles. The molecule has 0 atom stereocenters. The molecule has 0 radical (unpaired) electrons. The Bertz CT molecular complexity index is 589. The minimum atomic E-state index is 0.161. The molecule has 2 aromatic rings. The van der Waals surface area contributed by atoms with E-state index in [9.17, 15) is 0 Å². The average Bonchev–Trinajstić information content (AvgIpc) is 2.83. The molecule has 2 heterocycles. The molecule has 2 nitrogen and oxygen atoms in total. The summed E-state index contributed by atoms with van der Waals surface area (Å²) >= 11 is 0. The third-order valence-electron chi connectivity index (χ3n) is 4.73. The van der Waals surface area contributed by atoms with Crippen molar-refractivity contribution in [2.45, 2.75) is 44.1 Å². The fourth-order valence-electron chi connectivity index (χ4n) is 3.81. The van der Waals surface area contributed by atoms with Gasteiger partial charge in [-0.05, 0) is 37.1 Å². The Kier molecular flexibility index (Phi) is 2.44. The van der Waals surface area contributed by atoms with Crippen LogP contribution < -0.4 is 5.32 Å². The molecule has 0 saturated heterocycles. The zero-order valence-electron chi connectivity index (χ0n) is 11.2. The van der Waals surface area contributed by atoms with Crippen LogP contribution in [0.4, 0.5) is 5.69 Å². The third kappa shape index (κ3) is 1.62. The summed E-state index contributed by atoms with van der Waals surface area (Å²) in [6.07, 6.45) is 10.1. The van der Waals surface area contributed by atoms with Crippen LogP contribution in [0.1, 0.15) is 44.2 Å². The number of benzene rings is 1. The van der Waals surface area contributed by atoms with Crippen LogP contribution in [0.25, 0.3) is 5.69 Å². The average molecular weight is 252 g/mol. The maximum atomic E-state index is 3.87. The highest BCUT2D eigenvalue weighted by Gasteiger charge is 2.38. The van der Waals surface area contributed by atoms with E-state index in [4.69, 9.17) is 0 Å². The van der Waals surface area contributed by atoms with Crippen LogP contribution in [-0.2, 0) is 5.54 Å². The smallest absolute Gasteiger partial charge is 0.0780 e. The minimum absolute atomic E-state index is 0.161. The molecule has 1 aromatic carbocycles. The van der Waals surface area contributed by atoms with Gasteiger partial charge in [0.15, 0.2) is 0 Å². The van der Waals surface area contributed by atoms with Crippen LogP contribution in [-0.4, -0.2) is 4.57 Å². The summed E-state index contributed by atoms with van der Waals surface area (Å²) in [5, 5.41) is 3.87. The molecule has 0 amide bonds. The maximum Gasteiger partial charge on any atom is 0.0780 e. The summed E-state index contributed by atoms with van der Waals surface area (Å²) in [6, 6.07) is 13.2. The lowest BCUT2D eigenvalue weighted by Crippen LogP contribution is -2.40. The minimum Gasteiger partial charge on any atom is -0.372 e. The highest BCUT2D eigenvalue weighted by atomic mass is 15.1. The summed E-state index contributed by atoms with van der Waals surface area (Å²) in [5.74, 6) is 0. The number of rotatable bonds is 0. The van der Waals surface area contributed by atoms with E-state index in [2.05, 4.69) is 52.5 Å². The van der Waals surface area contributed by atoms with E-state index >= 15 is 0 Å². The molecule has 1 N–H and O–H groups in total. The van der Waals surface area contributed by atoms with Gasteiger partial charge in [0.05, 0.1) is 16.9 Å². The Morgan fingerprint density at radius 2 is 1.68 bits per heavy atom. The largest absolute Gasteiger partial charge is 0.372 e. The van der Waals surface area contributed by atoms with Gasteiger partial charge in [-0.2, -0.15) is 0 Å². The summed E-state index contributed by atoms with van der Waals surface area (Å²) in [6.45, 7) is 0. The Balaban J connectivity index is 1.89. The fraction of sp³-hybridized carbons (Fsp3) is 0.412. The van der Waals surface area contributed by atoms with Crippen LogP contribution >= 0.6 is 0 Å². The zero-order chi connectivity index (χ0) is 12.7. The van der Waals surface area contributed by atoms with Crippen molar-refractivity contribution < 1.29 is 0 Å². The number of anilines is 1. The van der Waals surface area contributed by atoms with E-state index in [1.165, 1.54) is 55.6 Å². The number of fused-ring (bicyclic) bond motifs is 4. The van der Waals surface area contributed by atoms with Crippen molar-refractivity contribution in [3.63, 3.8) is 0 Å². The summed E-state index contributed by atoms with van der Waals surface area (Å²) in [7, 11) is 0. The second kappa shape index (κ2) is 4.16. The quantitative estimate of drug-likeness (QED) is 0.733. The van der Waals surface area contributed by atoms with Crippen molar-refractivity contribution in [3.8, 4) is 5.69 Å². The van der Waals surface area contributed by atoms with Crippen LogP contribution in [0.5, 0.6) is 0 Å². The van der Waals surface area contributed by atoms with Crippen molar-refractivity contribution >= 4 is 5.69 Å². The van der Waals surface area contributed by atoms with E-state index in [-0.39, 0.29) is 5.54 Å². The topological polar surface area (TPSA) is 17.0 Å². The first-order valence-corrected chi connectivity index (χ1v) is 7.45. The molecular weight excluding hydrogens is 232 g/mol. The summed E-state index contributed by atoms with van der Waals surface area (Å²) in [5.41, 5.74) is 4.19. The Hall–Kier alpha value is -1.70. The lowest BCUT2D eigenvalue weighted by molar-refractivity contribution is 0.400. The second-order valence-electron chi connectivity index (χ2n) is 5.90. The van der Waals surface area contributed by atoms with Crippen LogP contribution in [0.15, 0.2) is 42.6 Å². The molecule has 1 saturated carbocycles. The second-order valence-corrected chi connectivity index (χ2v) is 5.90. The van der Waals surface area contributed by atoms with Crippen molar-refractivity contribution in [3.05, 3.63) is 48.3 Å². The van der Waals surface area contributed by atoms with E-state index in [0.717, 1.165) is 0 Å². The number of hydrogen-bond acceptors (Lipinski definition) is 1. The molecule has 1 spiro atoms. The molecule has 2 heteroatoms. The summed E-state index contributed by atoms with van der Waals surface area (Å²) in [4.78, 5) is 0. The maximum absolute atomic E-state index is 3.87. The molecule has 19 heavy (non-hydrogen) atoms. The first-order chi connectivity index (χ1) is 9.39. The first-order valence-electron chi connectivity index (χ1n) is 7.45. The molecule has 1 aliphatic carbocycles. The van der Waals surface area contributed by atoms with Gasteiger partial charge in [-0.25, -0.2) is 0 Å². The van der Waals surface area contributed by atoms with Gasteiger partial charge < -0.3 is 9.88 Å². The predicted octanol–water partition coefficient (Wildman–Crippen LogP) is 4.45. The van der Waals surface area contributed by atoms with Gasteiger partial charge in [0.2, 0.25) is 0 Å². The first kappa shape index (κ1) is 11.2. The van der Waals surface area contributed by atoms with E-state index in [1.54, 1.807) is 0 Å². The predicted molar refractivity (Wildman–Crippen MR) is 78.8 cm³/mol. The normalized spacial score (nSPS) is 20.2. The van der Waals surface area contributed by atoms with Crippen molar-refractivity contribution in [1.82, 2.24) is 4.57 Å². The Morgan fingerprint density at radius 3 is 2.53 bits per heavy atom. The van der Waals surface area contributed by atoms with E-state index < -0.39 is 0 Å². The van der Waals surface area contributed by atoms with Gasteiger partial charge in [-0.15, -0.1) is 0 Å². The SMILES string of the molecule is c1ccc2c(c1)NC1(CCCCCC1)c1cccn1-2. The Labute approximate surface area is 114 Å². The van der Waals surface area contributed by atoms with Gasteiger partial charge in [0.1, 0.15) is 0 Å². The third-order valence-corrected chi connectivity index (χ3v) is 4.73. The monoisotopic (exact) mass is 252 g/mol. The highest BCUT2D eigenvalue weighted by Crippen LogP contribution is 2.44. The van der Waals surface area contributed by atoms with Crippen molar-refractivity contribution in [2.75, 3.05) is 5.32 Å². The van der Waals surface area contributed by atoms with E-state index in [1.807, 2.05) is 0 Å². The van der Waals surface area contributed by atoms with Gasteiger partial charge in [0.25, 0.3) is 0 Å². The van der Waals surface area contributed by atoms with Crippen molar-refractivity contribution in [2.24, 2.45) is 0 Å². The van der Waals surface area contributed by atoms with Crippen LogP contribution in [0, 0.1) is 0 Å². The zero-order valence-corrected chi connectivity index (χ0v) is 11.2. The molecule has 98 valence electrons. The number of nitrogens with one attached hydrogen (secondary N) is 1. The standard InChI is InChI=1S/C17H20N2/c1-2-6-12-17(11-5-1)16-10-7-13-19(16)15-9-4-3-8-14(15)18-17/h3-4,7-10,13,18H,1-2,5-6,11-12H2. The lowest BCUT2D eigenvalue weighted by Gasteiger charge is -2.40. The molecular formula is C17H20N2. The van der Waals surface area contributed by atoms with Crippen molar-refractivity contribution in [1.29, 1.82) is 0 Å². The molecule has 1 aliphatic heterocycles. The highest BCUT2D eigenvalue weighted by molar-refractivity contribution is 5.66. The van der Waals surface area contributed by atoms with Gasteiger partial charge >= 0.3 is 0 Å². The lowest BCUT2D eigenvalue weighted by atomic mass is 9.84.